The highest BCUT2D eigenvalue weighted by molar-refractivity contribution is 6.31. The Balaban J connectivity index is 1.46. The highest BCUT2D eigenvalue weighted by atomic mass is 35.5. The molecule has 3 aliphatic heterocycles. The smallest absolute Gasteiger partial charge is 0.241 e. The molecule has 26 heavy (non-hydrogen) atoms. The number of hydrogen-bond donors (Lipinski definition) is 0. The normalized spacial score (nSPS) is 29.7. The second kappa shape index (κ2) is 5.66. The first-order chi connectivity index (χ1) is 12.5. The number of carbonyl (C=O) groups excluding carboxylic acids is 2. The van der Waals surface area contributed by atoms with E-state index in [1.54, 1.807) is 10.7 Å². The van der Waals surface area contributed by atoms with E-state index in [4.69, 9.17) is 16.3 Å². The van der Waals surface area contributed by atoms with E-state index < -0.39 is 0 Å². The van der Waals surface area contributed by atoms with Crippen molar-refractivity contribution >= 4 is 29.2 Å². The van der Waals surface area contributed by atoms with Gasteiger partial charge >= 0.3 is 0 Å². The third-order valence-corrected chi connectivity index (χ3v) is 6.13. The second-order valence-electron chi connectivity index (χ2n) is 7.25. The first-order valence-electron chi connectivity index (χ1n) is 8.85. The van der Waals surface area contributed by atoms with Crippen LogP contribution >= 0.6 is 11.6 Å². The lowest BCUT2D eigenvalue weighted by molar-refractivity contribution is -0.124. The fraction of sp³-hybridized carbons (Fsp3) is 0.421. The largest absolute Gasteiger partial charge is 0.373 e. The van der Waals surface area contributed by atoms with Crippen LogP contribution in [0.3, 0.4) is 0 Å². The SMILES string of the molecule is Cc1cc(N2C(=O)[C@@H]3[C@H](C2=O)[C@H]2CC[C@@H]3O2)nn1Cc1ccccc1Cl. The van der Waals surface area contributed by atoms with Gasteiger partial charge in [-0.15, -0.1) is 0 Å². The van der Waals surface area contributed by atoms with Gasteiger partial charge in [0.05, 0.1) is 30.6 Å². The van der Waals surface area contributed by atoms with Crippen LogP contribution in [0, 0.1) is 18.8 Å². The van der Waals surface area contributed by atoms with Crippen molar-refractivity contribution in [3.05, 3.63) is 46.6 Å². The number of aromatic nitrogens is 2. The van der Waals surface area contributed by atoms with Gasteiger partial charge in [0.1, 0.15) is 0 Å². The monoisotopic (exact) mass is 371 g/mol. The molecule has 7 heteroatoms. The van der Waals surface area contributed by atoms with E-state index in [1.807, 2.05) is 31.2 Å². The minimum absolute atomic E-state index is 0.113. The van der Waals surface area contributed by atoms with Gasteiger partial charge in [-0.05, 0) is 31.4 Å². The van der Waals surface area contributed by atoms with Crippen LogP contribution in [0.2, 0.25) is 5.02 Å². The summed E-state index contributed by atoms with van der Waals surface area (Å²) in [7, 11) is 0. The molecule has 0 unspecified atom stereocenters. The van der Waals surface area contributed by atoms with Crippen molar-refractivity contribution in [1.29, 1.82) is 0 Å². The number of aryl methyl sites for hydroxylation is 1. The Morgan fingerprint density at radius 1 is 1.15 bits per heavy atom. The van der Waals surface area contributed by atoms with Gasteiger partial charge in [0, 0.05) is 16.8 Å². The molecule has 2 aromatic rings. The zero-order valence-electron chi connectivity index (χ0n) is 14.3. The lowest BCUT2D eigenvalue weighted by atomic mass is 9.81. The van der Waals surface area contributed by atoms with Crippen LogP contribution in [0.25, 0.3) is 0 Å². The summed E-state index contributed by atoms with van der Waals surface area (Å²) in [5, 5.41) is 5.20. The summed E-state index contributed by atoms with van der Waals surface area (Å²) < 4.78 is 7.55. The number of ether oxygens (including phenoxy) is 1. The number of rotatable bonds is 3. The van der Waals surface area contributed by atoms with Crippen molar-refractivity contribution in [2.75, 3.05) is 4.90 Å². The Labute approximate surface area is 155 Å². The third-order valence-electron chi connectivity index (χ3n) is 5.76. The van der Waals surface area contributed by atoms with Crippen molar-refractivity contribution in [2.24, 2.45) is 11.8 Å². The van der Waals surface area contributed by atoms with Gasteiger partial charge in [-0.2, -0.15) is 5.10 Å². The Bertz CT molecular complexity index is 897. The lowest BCUT2D eigenvalue weighted by Crippen LogP contribution is -2.34. The molecule has 0 radical (unpaired) electrons. The molecule has 2 amide bonds. The molecule has 0 saturated carbocycles. The molecule has 2 bridgehead atoms. The van der Waals surface area contributed by atoms with Crippen LogP contribution in [-0.4, -0.2) is 33.8 Å². The van der Waals surface area contributed by atoms with Crippen molar-refractivity contribution in [1.82, 2.24) is 9.78 Å². The number of amides is 2. The molecule has 5 rings (SSSR count). The number of carbonyl (C=O) groups is 2. The molecule has 4 atom stereocenters. The van der Waals surface area contributed by atoms with E-state index >= 15 is 0 Å². The first-order valence-corrected chi connectivity index (χ1v) is 9.23. The van der Waals surface area contributed by atoms with Gasteiger partial charge in [0.2, 0.25) is 11.8 Å². The minimum atomic E-state index is -0.338. The molecule has 3 fully saturated rings. The summed E-state index contributed by atoms with van der Waals surface area (Å²) in [5.74, 6) is -0.618. The zero-order valence-corrected chi connectivity index (χ0v) is 15.0. The minimum Gasteiger partial charge on any atom is -0.373 e. The molecule has 3 saturated heterocycles. The summed E-state index contributed by atoms with van der Waals surface area (Å²) in [6, 6.07) is 9.36. The maximum Gasteiger partial charge on any atom is 0.241 e. The summed E-state index contributed by atoms with van der Waals surface area (Å²) >= 11 is 6.24. The summed E-state index contributed by atoms with van der Waals surface area (Å²) in [6.45, 7) is 2.40. The number of fused-ring (bicyclic) bond motifs is 5. The fourth-order valence-corrected chi connectivity index (χ4v) is 4.68. The Hall–Kier alpha value is -2.18. The summed E-state index contributed by atoms with van der Waals surface area (Å²) in [5.41, 5.74) is 1.81. The maximum absolute atomic E-state index is 12.9. The van der Waals surface area contributed by atoms with Crippen molar-refractivity contribution in [2.45, 2.75) is 38.5 Å². The van der Waals surface area contributed by atoms with Gasteiger partial charge in [0.15, 0.2) is 5.82 Å². The highest BCUT2D eigenvalue weighted by Crippen LogP contribution is 2.49. The zero-order chi connectivity index (χ0) is 18.0. The van der Waals surface area contributed by atoms with Crippen LogP contribution in [0.15, 0.2) is 30.3 Å². The van der Waals surface area contributed by atoms with Crippen LogP contribution in [-0.2, 0) is 20.9 Å². The van der Waals surface area contributed by atoms with Crippen LogP contribution < -0.4 is 4.90 Å². The molecular weight excluding hydrogens is 354 g/mol. The Morgan fingerprint density at radius 2 is 1.81 bits per heavy atom. The lowest BCUT2D eigenvalue weighted by Gasteiger charge is -2.15. The molecule has 1 aromatic carbocycles. The van der Waals surface area contributed by atoms with Crippen molar-refractivity contribution in [3.63, 3.8) is 0 Å². The molecular formula is C19H18ClN3O3. The Morgan fingerprint density at radius 3 is 2.46 bits per heavy atom. The third kappa shape index (κ3) is 2.18. The maximum atomic E-state index is 12.9. The van der Waals surface area contributed by atoms with E-state index in [1.165, 1.54) is 4.90 Å². The van der Waals surface area contributed by atoms with E-state index in [0.29, 0.717) is 17.4 Å². The molecule has 0 aliphatic carbocycles. The number of halogens is 1. The van der Waals surface area contributed by atoms with Gasteiger partial charge in [-0.3, -0.25) is 14.3 Å². The first kappa shape index (κ1) is 16.0. The topological polar surface area (TPSA) is 64.4 Å². The average molecular weight is 372 g/mol. The van der Waals surface area contributed by atoms with E-state index in [2.05, 4.69) is 5.10 Å². The van der Waals surface area contributed by atoms with Crippen LogP contribution in [0.1, 0.15) is 24.1 Å². The highest BCUT2D eigenvalue weighted by Gasteiger charge is 2.63. The molecule has 134 valence electrons. The molecule has 0 N–H and O–H groups in total. The number of benzene rings is 1. The number of imide groups is 1. The standard InChI is InChI=1S/C19H18ClN3O3/c1-10-8-15(21-22(10)9-11-4-2-3-5-12(11)20)23-18(24)16-13-6-7-14(26-13)17(16)19(23)25/h2-5,8,13-14,16-17H,6-7,9H2,1H3/t13-,14+,16-,17+. The van der Waals surface area contributed by atoms with Crippen LogP contribution in [0.5, 0.6) is 0 Å². The van der Waals surface area contributed by atoms with Crippen molar-refractivity contribution < 1.29 is 14.3 Å². The summed E-state index contributed by atoms with van der Waals surface area (Å²) in [4.78, 5) is 27.0. The molecule has 1 aromatic heterocycles. The molecule has 4 heterocycles. The van der Waals surface area contributed by atoms with Gasteiger partial charge < -0.3 is 4.74 Å². The van der Waals surface area contributed by atoms with E-state index in [-0.39, 0.29) is 35.9 Å². The second-order valence-corrected chi connectivity index (χ2v) is 7.65. The quantitative estimate of drug-likeness (QED) is 0.778. The fourth-order valence-electron chi connectivity index (χ4n) is 4.49. The van der Waals surface area contributed by atoms with Gasteiger partial charge in [-0.25, -0.2) is 4.90 Å². The molecule has 3 aliphatic rings. The average Bonchev–Trinajstić information content (AvgIpc) is 3.35. The molecule has 0 spiro atoms. The number of nitrogens with zero attached hydrogens (tertiary/aromatic N) is 3. The number of anilines is 1. The van der Waals surface area contributed by atoms with Gasteiger partial charge in [0.25, 0.3) is 0 Å². The van der Waals surface area contributed by atoms with E-state index in [0.717, 1.165) is 24.1 Å². The van der Waals surface area contributed by atoms with Crippen LogP contribution in [0.4, 0.5) is 5.82 Å². The predicted molar refractivity (Wildman–Crippen MR) is 94.9 cm³/mol. The van der Waals surface area contributed by atoms with Crippen molar-refractivity contribution in [3.8, 4) is 0 Å². The molecule has 6 nitrogen and oxygen atoms in total. The predicted octanol–water partition coefficient (Wildman–Crippen LogP) is 2.56. The Kier molecular flexibility index (Phi) is 3.49. The summed E-state index contributed by atoms with van der Waals surface area (Å²) in [6.07, 6.45) is 1.49. The van der Waals surface area contributed by atoms with E-state index in [9.17, 15) is 9.59 Å². The number of hydrogen-bond acceptors (Lipinski definition) is 4. The van der Waals surface area contributed by atoms with Gasteiger partial charge in [-0.1, -0.05) is 29.8 Å².